The fraction of sp³-hybridized carbons (Fsp3) is 0.667. The maximum atomic E-state index is 12.4. The van der Waals surface area contributed by atoms with Gasteiger partial charge in [0, 0.05) is 65.2 Å². The van der Waals surface area contributed by atoms with Gasteiger partial charge in [0.2, 0.25) is 21.9 Å². The molecule has 0 unspecified atom stereocenters. The Kier molecular flexibility index (Phi) is 7.09. The highest BCUT2D eigenvalue weighted by Gasteiger charge is 2.24. The minimum atomic E-state index is -3.35. The average Bonchev–Trinajstić information content (AvgIpc) is 2.61. The largest absolute Gasteiger partial charge is 0.383 e. The molecule has 0 spiro atoms. The Hall–Kier alpha value is -1.78. The molecular weight excluding hydrogens is 346 g/mol. The average molecular weight is 371 g/mol. The first kappa shape index (κ1) is 19.5. The zero-order valence-corrected chi connectivity index (χ0v) is 15.5. The summed E-state index contributed by atoms with van der Waals surface area (Å²) in [7, 11) is -1.84. The van der Waals surface area contributed by atoms with Crippen LogP contribution in [-0.2, 0) is 19.6 Å². The lowest BCUT2D eigenvalue weighted by Gasteiger charge is -2.35. The minimum absolute atomic E-state index is 0.0419. The third kappa shape index (κ3) is 5.91. The van der Waals surface area contributed by atoms with Crippen molar-refractivity contribution in [3.8, 4) is 0 Å². The Balaban J connectivity index is 1.82. The number of hydrogen-bond donors (Lipinski definition) is 0. The predicted molar refractivity (Wildman–Crippen MR) is 93.7 cm³/mol. The number of hydrogen-bond acceptors (Lipinski definition) is 7. The van der Waals surface area contributed by atoms with E-state index in [1.165, 1.54) is 11.4 Å². The van der Waals surface area contributed by atoms with Crippen LogP contribution in [0.2, 0.25) is 0 Å². The zero-order valence-electron chi connectivity index (χ0n) is 14.7. The van der Waals surface area contributed by atoms with Crippen LogP contribution >= 0.6 is 0 Å². The maximum absolute atomic E-state index is 12.4. The van der Waals surface area contributed by atoms with Gasteiger partial charge in [-0.05, 0) is 6.07 Å². The molecule has 0 radical (unpaired) electrons. The summed E-state index contributed by atoms with van der Waals surface area (Å²) in [6.07, 6.45) is 4.70. The molecule has 0 N–H and O–H groups in total. The predicted octanol–water partition coefficient (Wildman–Crippen LogP) is -0.577. The second-order valence-corrected chi connectivity index (χ2v) is 7.80. The fourth-order valence-electron chi connectivity index (χ4n) is 2.63. The molecule has 2 heterocycles. The van der Waals surface area contributed by atoms with Crippen molar-refractivity contribution in [1.82, 2.24) is 19.2 Å². The van der Waals surface area contributed by atoms with Crippen molar-refractivity contribution in [2.24, 2.45) is 0 Å². The van der Waals surface area contributed by atoms with Gasteiger partial charge in [0.25, 0.3) is 0 Å². The Bertz CT molecular complexity index is 647. The standard InChI is InChI=1S/C15H25N5O4S/c1-24-13-12-20(25(2,22)23)7-4-14(21)18-8-10-19(11-9-18)15-16-5-3-6-17-15/h3,5-6H,4,7-13H2,1-2H3. The minimum Gasteiger partial charge on any atom is -0.383 e. The van der Waals surface area contributed by atoms with Gasteiger partial charge in [0.05, 0.1) is 12.9 Å². The van der Waals surface area contributed by atoms with E-state index < -0.39 is 10.0 Å². The molecule has 1 saturated heterocycles. The third-order valence-corrected chi connectivity index (χ3v) is 5.36. The number of ether oxygens (including phenoxy) is 1. The number of piperazine rings is 1. The quantitative estimate of drug-likeness (QED) is 0.603. The van der Waals surface area contributed by atoms with Crippen LogP contribution in [0.1, 0.15) is 6.42 Å². The van der Waals surface area contributed by atoms with Gasteiger partial charge < -0.3 is 14.5 Å². The normalized spacial score (nSPS) is 15.6. The number of amides is 1. The summed E-state index contributed by atoms with van der Waals surface area (Å²) >= 11 is 0. The van der Waals surface area contributed by atoms with Crippen LogP contribution < -0.4 is 4.90 Å². The third-order valence-electron chi connectivity index (χ3n) is 4.06. The Morgan fingerprint density at radius 1 is 1.20 bits per heavy atom. The van der Waals surface area contributed by atoms with Crippen molar-refractivity contribution < 1.29 is 17.9 Å². The first-order valence-corrected chi connectivity index (χ1v) is 10.0. The van der Waals surface area contributed by atoms with E-state index in [0.29, 0.717) is 38.7 Å². The molecule has 0 saturated carbocycles. The van der Waals surface area contributed by atoms with Crippen LogP contribution in [0, 0.1) is 0 Å². The van der Waals surface area contributed by atoms with E-state index >= 15 is 0 Å². The molecule has 1 fully saturated rings. The van der Waals surface area contributed by atoms with Crippen LogP contribution in [0.4, 0.5) is 5.95 Å². The highest BCUT2D eigenvalue weighted by Crippen LogP contribution is 2.11. The summed E-state index contributed by atoms with van der Waals surface area (Å²) in [6, 6.07) is 1.76. The number of anilines is 1. The Morgan fingerprint density at radius 3 is 2.40 bits per heavy atom. The van der Waals surface area contributed by atoms with Crippen LogP contribution in [0.15, 0.2) is 18.5 Å². The summed E-state index contributed by atoms with van der Waals surface area (Å²) in [5.74, 6) is 0.622. The Labute approximate surface area is 148 Å². The van der Waals surface area contributed by atoms with Crippen molar-refractivity contribution in [3.63, 3.8) is 0 Å². The smallest absolute Gasteiger partial charge is 0.225 e. The molecule has 0 aromatic carbocycles. The Morgan fingerprint density at radius 2 is 1.84 bits per heavy atom. The molecule has 2 rings (SSSR count). The molecule has 0 aliphatic carbocycles. The number of sulfonamides is 1. The van der Waals surface area contributed by atoms with E-state index in [2.05, 4.69) is 9.97 Å². The molecular formula is C15H25N5O4S. The highest BCUT2D eigenvalue weighted by atomic mass is 32.2. The summed E-state index contributed by atoms with van der Waals surface area (Å²) < 4.78 is 29.7. The number of aromatic nitrogens is 2. The molecule has 1 aromatic rings. The second kappa shape index (κ2) is 9.07. The molecule has 10 heteroatoms. The lowest BCUT2D eigenvalue weighted by Crippen LogP contribution is -2.50. The molecule has 1 aliphatic rings. The molecule has 1 aliphatic heterocycles. The molecule has 0 bridgehead atoms. The zero-order chi connectivity index (χ0) is 18.3. The van der Waals surface area contributed by atoms with Crippen LogP contribution in [0.3, 0.4) is 0 Å². The molecule has 9 nitrogen and oxygen atoms in total. The topological polar surface area (TPSA) is 95.9 Å². The van der Waals surface area contributed by atoms with Crippen LogP contribution in [0.5, 0.6) is 0 Å². The van der Waals surface area contributed by atoms with Gasteiger partial charge in [-0.2, -0.15) is 4.31 Å². The van der Waals surface area contributed by atoms with E-state index in [4.69, 9.17) is 4.74 Å². The van der Waals surface area contributed by atoms with Crippen molar-refractivity contribution in [3.05, 3.63) is 18.5 Å². The van der Waals surface area contributed by atoms with Crippen molar-refractivity contribution >= 4 is 21.9 Å². The van der Waals surface area contributed by atoms with E-state index in [1.54, 1.807) is 23.4 Å². The summed E-state index contributed by atoms with van der Waals surface area (Å²) in [6.45, 7) is 3.20. The molecule has 0 atom stereocenters. The van der Waals surface area contributed by atoms with Gasteiger partial charge in [0.15, 0.2) is 0 Å². The van der Waals surface area contributed by atoms with Gasteiger partial charge in [-0.25, -0.2) is 18.4 Å². The first-order chi connectivity index (χ1) is 11.9. The monoisotopic (exact) mass is 371 g/mol. The van der Waals surface area contributed by atoms with Gasteiger partial charge in [-0.1, -0.05) is 0 Å². The van der Waals surface area contributed by atoms with E-state index in [-0.39, 0.29) is 25.4 Å². The van der Waals surface area contributed by atoms with Crippen molar-refractivity contribution in [2.45, 2.75) is 6.42 Å². The van der Waals surface area contributed by atoms with Gasteiger partial charge in [0.1, 0.15) is 0 Å². The summed E-state index contributed by atoms with van der Waals surface area (Å²) in [4.78, 5) is 24.6. The fourth-order valence-corrected chi connectivity index (χ4v) is 3.45. The summed E-state index contributed by atoms with van der Waals surface area (Å²) in [5, 5.41) is 0. The van der Waals surface area contributed by atoms with Crippen LogP contribution in [0.25, 0.3) is 0 Å². The number of rotatable bonds is 8. The van der Waals surface area contributed by atoms with Gasteiger partial charge in [-0.3, -0.25) is 4.79 Å². The van der Waals surface area contributed by atoms with Crippen LogP contribution in [-0.4, -0.2) is 92.7 Å². The first-order valence-electron chi connectivity index (χ1n) is 8.15. The number of carbonyl (C=O) groups is 1. The van der Waals surface area contributed by atoms with E-state index in [9.17, 15) is 13.2 Å². The van der Waals surface area contributed by atoms with Crippen molar-refractivity contribution in [1.29, 1.82) is 0 Å². The van der Waals surface area contributed by atoms with E-state index in [0.717, 1.165) is 6.26 Å². The maximum Gasteiger partial charge on any atom is 0.225 e. The highest BCUT2D eigenvalue weighted by molar-refractivity contribution is 7.88. The SMILES string of the molecule is COCCN(CCC(=O)N1CCN(c2ncccn2)CC1)S(C)(=O)=O. The van der Waals surface area contributed by atoms with Crippen molar-refractivity contribution in [2.75, 3.05) is 64.1 Å². The molecule has 140 valence electrons. The molecule has 25 heavy (non-hydrogen) atoms. The van der Waals surface area contributed by atoms with Gasteiger partial charge >= 0.3 is 0 Å². The number of methoxy groups -OCH3 is 1. The number of nitrogens with zero attached hydrogens (tertiary/aromatic N) is 5. The second-order valence-electron chi connectivity index (χ2n) is 5.82. The lowest BCUT2D eigenvalue weighted by atomic mass is 10.3. The molecule has 1 aromatic heterocycles. The van der Waals surface area contributed by atoms with Gasteiger partial charge in [-0.15, -0.1) is 0 Å². The lowest BCUT2D eigenvalue weighted by molar-refractivity contribution is -0.131. The molecule has 1 amide bonds. The summed E-state index contributed by atoms with van der Waals surface area (Å²) in [5.41, 5.74) is 0. The van der Waals surface area contributed by atoms with E-state index in [1.807, 2.05) is 4.90 Å². The number of carbonyl (C=O) groups excluding carboxylic acids is 1.